The van der Waals surface area contributed by atoms with Gasteiger partial charge in [0, 0.05) is 24.9 Å². The number of halogens is 1. The predicted molar refractivity (Wildman–Crippen MR) is 111 cm³/mol. The summed E-state index contributed by atoms with van der Waals surface area (Å²) in [6.07, 6.45) is 1.87. The summed E-state index contributed by atoms with van der Waals surface area (Å²) in [4.78, 5) is 26.6. The van der Waals surface area contributed by atoms with Crippen molar-refractivity contribution in [2.45, 2.75) is 25.1 Å². The molecule has 0 fully saturated rings. The van der Waals surface area contributed by atoms with Crippen LogP contribution in [0.25, 0.3) is 0 Å². The van der Waals surface area contributed by atoms with Crippen LogP contribution in [0.1, 0.15) is 6.42 Å². The zero-order valence-corrected chi connectivity index (χ0v) is 17.3. The zero-order valence-electron chi connectivity index (χ0n) is 16.5. The van der Waals surface area contributed by atoms with Gasteiger partial charge in [0.2, 0.25) is 5.91 Å². The molecule has 31 heavy (non-hydrogen) atoms. The van der Waals surface area contributed by atoms with Crippen LogP contribution in [-0.2, 0) is 16.1 Å². The van der Waals surface area contributed by atoms with Gasteiger partial charge in [-0.3, -0.25) is 14.3 Å². The average Bonchev–Trinajstić information content (AvgIpc) is 3.33. The van der Waals surface area contributed by atoms with E-state index in [2.05, 4.69) is 10.4 Å². The molecule has 2 amide bonds. The van der Waals surface area contributed by atoms with Crippen molar-refractivity contribution in [3.63, 3.8) is 0 Å². The number of benzene rings is 1. The van der Waals surface area contributed by atoms with E-state index in [-0.39, 0.29) is 31.9 Å². The topological polar surface area (TPSA) is 137 Å². The third kappa shape index (κ3) is 5.82. The lowest BCUT2D eigenvalue weighted by atomic mass is 10.1. The van der Waals surface area contributed by atoms with Crippen molar-refractivity contribution >= 4 is 29.2 Å². The number of carbonyl (C=O) groups is 2. The number of aliphatic hydroxyl groups is 3. The van der Waals surface area contributed by atoms with Crippen molar-refractivity contribution in [2.75, 3.05) is 25.1 Å². The minimum atomic E-state index is -0.976. The molecule has 1 aromatic heterocycles. The third-order valence-corrected chi connectivity index (χ3v) is 4.87. The summed E-state index contributed by atoms with van der Waals surface area (Å²) in [5, 5.41) is 34.9. The van der Waals surface area contributed by atoms with E-state index in [1.807, 2.05) is 0 Å². The van der Waals surface area contributed by atoms with Gasteiger partial charge in [0.15, 0.2) is 5.82 Å². The Morgan fingerprint density at radius 2 is 2.06 bits per heavy atom. The molecule has 4 N–H and O–H groups in total. The van der Waals surface area contributed by atoms with Gasteiger partial charge >= 0.3 is 0 Å². The molecule has 2 heterocycles. The van der Waals surface area contributed by atoms with E-state index in [1.54, 1.807) is 24.3 Å². The highest BCUT2D eigenvalue weighted by Gasteiger charge is 2.34. The van der Waals surface area contributed by atoms with E-state index >= 15 is 0 Å². The Morgan fingerprint density at radius 3 is 2.77 bits per heavy atom. The lowest BCUT2D eigenvalue weighted by Gasteiger charge is -2.26. The first-order valence-electron chi connectivity index (χ1n) is 9.59. The molecular weight excluding hydrogens is 428 g/mol. The van der Waals surface area contributed by atoms with E-state index in [0.29, 0.717) is 16.5 Å². The summed E-state index contributed by atoms with van der Waals surface area (Å²) in [6.45, 7) is -0.620. The molecular formula is C20H23ClN4O6. The quantitative estimate of drug-likeness (QED) is 0.410. The zero-order chi connectivity index (χ0) is 22.4. The Hall–Kier alpha value is -2.92. The van der Waals surface area contributed by atoms with Crippen LogP contribution < -0.4 is 10.1 Å². The Morgan fingerprint density at radius 1 is 1.29 bits per heavy atom. The van der Waals surface area contributed by atoms with Crippen LogP contribution >= 0.6 is 11.6 Å². The molecule has 0 aliphatic carbocycles. The highest BCUT2D eigenvalue weighted by atomic mass is 35.5. The summed E-state index contributed by atoms with van der Waals surface area (Å²) >= 11 is 6.08. The van der Waals surface area contributed by atoms with Crippen molar-refractivity contribution in [3.05, 3.63) is 53.4 Å². The first kappa shape index (κ1) is 22.8. The Bertz CT molecular complexity index is 963. The van der Waals surface area contributed by atoms with E-state index in [9.17, 15) is 19.8 Å². The fraction of sp³-hybridized carbons (Fsp3) is 0.350. The summed E-state index contributed by atoms with van der Waals surface area (Å²) in [5.74, 6) is -0.0137. The molecule has 1 aromatic carbocycles. The smallest absolute Gasteiger partial charge is 0.251 e. The molecule has 3 rings (SSSR count). The Labute approximate surface area is 183 Å². The summed E-state index contributed by atoms with van der Waals surface area (Å²) < 4.78 is 7.07. The van der Waals surface area contributed by atoms with Gasteiger partial charge in [-0.05, 0) is 18.6 Å². The van der Waals surface area contributed by atoms with Crippen LogP contribution in [0, 0.1) is 0 Å². The number of amides is 2. The van der Waals surface area contributed by atoms with Gasteiger partial charge in [-0.1, -0.05) is 23.7 Å². The maximum absolute atomic E-state index is 12.8. The van der Waals surface area contributed by atoms with Gasteiger partial charge in [-0.2, -0.15) is 5.10 Å². The predicted octanol–water partition coefficient (Wildman–Crippen LogP) is 0.384. The second kappa shape index (κ2) is 10.4. The summed E-state index contributed by atoms with van der Waals surface area (Å²) in [7, 11) is 0. The van der Waals surface area contributed by atoms with Crippen LogP contribution in [-0.4, -0.2) is 73.7 Å². The number of anilines is 1. The molecule has 166 valence electrons. The number of para-hydroxylation sites is 1. The van der Waals surface area contributed by atoms with Crippen molar-refractivity contribution < 1.29 is 29.6 Å². The van der Waals surface area contributed by atoms with Gasteiger partial charge in [-0.25, -0.2) is 0 Å². The Kier molecular flexibility index (Phi) is 7.64. The number of hydrogen-bond acceptors (Lipinski definition) is 7. The summed E-state index contributed by atoms with van der Waals surface area (Å²) in [5.41, 5.74) is 0. The van der Waals surface area contributed by atoms with Crippen molar-refractivity contribution in [3.8, 4) is 5.75 Å². The standard InChI is InChI=1S/C20H23ClN4O6/c21-15-3-1-2-4-17(15)31-14-9-19(29)25(11-14)16(6-8-26)20(30)22-18-5-7-24(23-18)10-13(28)12-27/h1-5,7,9,13,16,26-28H,6,8,10-12H2,(H,22,23,30)/t13-,16+/m1/s1. The average molecular weight is 451 g/mol. The summed E-state index contributed by atoms with van der Waals surface area (Å²) in [6, 6.07) is 7.40. The third-order valence-electron chi connectivity index (χ3n) is 4.55. The number of aliphatic hydroxyl groups excluding tert-OH is 3. The molecule has 0 unspecified atom stereocenters. The number of nitrogens with zero attached hydrogens (tertiary/aromatic N) is 3. The van der Waals surface area contributed by atoms with E-state index in [0.717, 1.165) is 0 Å². The largest absolute Gasteiger partial charge is 0.458 e. The molecule has 1 aliphatic rings. The molecule has 0 saturated heterocycles. The number of aromatic nitrogens is 2. The van der Waals surface area contributed by atoms with Crippen LogP contribution in [0.4, 0.5) is 5.82 Å². The number of nitrogens with one attached hydrogen (secondary N) is 1. The van der Waals surface area contributed by atoms with Crippen LogP contribution in [0.15, 0.2) is 48.4 Å². The van der Waals surface area contributed by atoms with E-state index in [4.69, 9.17) is 21.4 Å². The molecule has 2 atom stereocenters. The molecule has 10 nitrogen and oxygen atoms in total. The monoisotopic (exact) mass is 450 g/mol. The highest BCUT2D eigenvalue weighted by molar-refractivity contribution is 6.32. The minimum absolute atomic E-state index is 0.0225. The number of hydrogen-bond donors (Lipinski definition) is 4. The second-order valence-corrected chi connectivity index (χ2v) is 7.29. The SMILES string of the molecule is O=C(Nc1ccn(C[C@@H](O)CO)n1)[C@H](CCO)N1CC(Oc2ccccc2Cl)=CC1=O. The molecule has 0 saturated carbocycles. The molecule has 1 aliphatic heterocycles. The van der Waals surface area contributed by atoms with Gasteiger partial charge in [0.05, 0.1) is 30.8 Å². The Balaban J connectivity index is 1.65. The number of rotatable bonds is 10. The number of ether oxygens (including phenoxy) is 1. The molecule has 11 heteroatoms. The van der Waals surface area contributed by atoms with Crippen LogP contribution in [0.5, 0.6) is 5.75 Å². The normalized spacial score (nSPS) is 15.5. The lowest BCUT2D eigenvalue weighted by molar-refractivity contribution is -0.133. The van der Waals surface area contributed by atoms with Crippen LogP contribution in [0.3, 0.4) is 0 Å². The first-order valence-corrected chi connectivity index (χ1v) is 9.96. The maximum atomic E-state index is 12.8. The molecule has 2 aromatic rings. The van der Waals surface area contributed by atoms with Gasteiger partial charge in [0.1, 0.15) is 17.6 Å². The van der Waals surface area contributed by atoms with E-state index < -0.39 is 30.6 Å². The van der Waals surface area contributed by atoms with Crippen LogP contribution in [0.2, 0.25) is 5.02 Å². The minimum Gasteiger partial charge on any atom is -0.458 e. The number of carbonyl (C=O) groups excluding carboxylic acids is 2. The lowest BCUT2D eigenvalue weighted by Crippen LogP contribution is -2.46. The van der Waals surface area contributed by atoms with Crippen molar-refractivity contribution in [2.24, 2.45) is 0 Å². The fourth-order valence-corrected chi connectivity index (χ4v) is 3.24. The molecule has 0 spiro atoms. The van der Waals surface area contributed by atoms with Gasteiger partial charge in [-0.15, -0.1) is 0 Å². The fourth-order valence-electron chi connectivity index (χ4n) is 3.07. The second-order valence-electron chi connectivity index (χ2n) is 6.89. The van der Waals surface area contributed by atoms with E-state index in [1.165, 1.54) is 27.9 Å². The van der Waals surface area contributed by atoms with Crippen molar-refractivity contribution in [1.29, 1.82) is 0 Å². The van der Waals surface area contributed by atoms with Crippen molar-refractivity contribution in [1.82, 2.24) is 14.7 Å². The first-order chi connectivity index (χ1) is 14.9. The van der Waals surface area contributed by atoms with Gasteiger partial charge in [0.25, 0.3) is 5.91 Å². The highest BCUT2D eigenvalue weighted by Crippen LogP contribution is 2.27. The van der Waals surface area contributed by atoms with Gasteiger partial charge < -0.3 is 30.3 Å². The molecule has 0 radical (unpaired) electrons. The molecule has 0 bridgehead atoms. The maximum Gasteiger partial charge on any atom is 0.251 e.